The molecule has 0 aliphatic heterocycles. The van der Waals surface area contributed by atoms with Crippen LogP contribution in [0.25, 0.3) is 0 Å². The van der Waals surface area contributed by atoms with Crippen molar-refractivity contribution in [3.63, 3.8) is 0 Å². The number of hydrogen-bond donors (Lipinski definition) is 3. The molecule has 0 rings (SSSR count). The van der Waals surface area contributed by atoms with E-state index in [4.69, 9.17) is 11.6 Å². The molecule has 1 unspecified atom stereocenters. The van der Waals surface area contributed by atoms with Crippen molar-refractivity contribution in [2.75, 3.05) is 18.6 Å². The predicted molar refractivity (Wildman–Crippen MR) is 51.4 cm³/mol. The van der Waals surface area contributed by atoms with E-state index < -0.39 is 0 Å². The third kappa shape index (κ3) is 6.00. The summed E-state index contributed by atoms with van der Waals surface area (Å²) in [6.45, 7) is 2.86. The van der Waals surface area contributed by atoms with Gasteiger partial charge >= 0.3 is 0 Å². The highest BCUT2D eigenvalue weighted by Gasteiger charge is 1.98. The summed E-state index contributed by atoms with van der Waals surface area (Å²) in [5.74, 6) is 6.98. The van der Waals surface area contributed by atoms with Crippen LogP contribution in [0.5, 0.6) is 0 Å². The highest BCUT2D eigenvalue weighted by Crippen LogP contribution is 2.03. The first-order valence-electron chi connectivity index (χ1n) is 3.46. The number of rotatable bonds is 4. The molecule has 0 aliphatic carbocycles. The number of guanidine groups is 1. The van der Waals surface area contributed by atoms with Crippen molar-refractivity contribution in [2.24, 2.45) is 22.5 Å². The molecule has 0 bridgehead atoms. The Morgan fingerprint density at radius 3 is 2.82 bits per heavy atom. The van der Waals surface area contributed by atoms with Crippen LogP contribution in [-0.2, 0) is 0 Å². The van der Waals surface area contributed by atoms with E-state index in [0.717, 1.165) is 12.3 Å². The summed E-state index contributed by atoms with van der Waals surface area (Å²) in [4.78, 5) is 4.01. The van der Waals surface area contributed by atoms with Gasteiger partial charge in [0.1, 0.15) is 0 Å². The van der Waals surface area contributed by atoms with Crippen LogP contribution in [0, 0.1) is 5.92 Å². The minimum Gasteiger partial charge on any atom is -0.369 e. The van der Waals surface area contributed by atoms with Gasteiger partial charge in [-0.25, -0.2) is 5.84 Å². The van der Waals surface area contributed by atoms with E-state index >= 15 is 0 Å². The number of nitrogens with zero attached hydrogens (tertiary/aromatic N) is 1. The number of nitrogens with two attached hydrogens (primary N) is 2. The molecule has 0 saturated carbocycles. The zero-order valence-electron chi connectivity index (χ0n) is 7.00. The molecule has 11 heavy (non-hydrogen) atoms. The third-order valence-corrected chi connectivity index (χ3v) is 2.07. The van der Waals surface area contributed by atoms with Gasteiger partial charge in [-0.15, -0.1) is 0 Å². The van der Waals surface area contributed by atoms with Gasteiger partial charge in [-0.2, -0.15) is 11.8 Å². The smallest absolute Gasteiger partial charge is 0.203 e. The quantitative estimate of drug-likeness (QED) is 0.239. The Morgan fingerprint density at radius 2 is 2.36 bits per heavy atom. The van der Waals surface area contributed by atoms with Crippen molar-refractivity contribution in [3.05, 3.63) is 0 Å². The Kier molecular flexibility index (Phi) is 6.06. The molecule has 0 aromatic heterocycles. The second-order valence-electron chi connectivity index (χ2n) is 2.43. The van der Waals surface area contributed by atoms with Crippen LogP contribution < -0.4 is 17.0 Å². The van der Waals surface area contributed by atoms with E-state index in [1.807, 2.05) is 11.8 Å². The van der Waals surface area contributed by atoms with Gasteiger partial charge in [-0.05, 0) is 17.9 Å². The number of nitrogens with one attached hydrogen (secondary N) is 1. The Hall–Kier alpha value is -0.420. The minimum atomic E-state index is 0.304. The lowest BCUT2D eigenvalue weighted by Gasteiger charge is -2.05. The minimum absolute atomic E-state index is 0.304. The fourth-order valence-electron chi connectivity index (χ4n) is 0.637. The fraction of sp³-hybridized carbons (Fsp3) is 0.833. The van der Waals surface area contributed by atoms with Gasteiger partial charge in [0.05, 0.1) is 0 Å². The maximum Gasteiger partial charge on any atom is 0.203 e. The molecule has 0 aromatic carbocycles. The molecule has 0 heterocycles. The molecule has 0 aromatic rings. The van der Waals surface area contributed by atoms with Crippen LogP contribution in [-0.4, -0.2) is 24.5 Å². The van der Waals surface area contributed by atoms with E-state index in [1.165, 1.54) is 0 Å². The van der Waals surface area contributed by atoms with Crippen LogP contribution in [0.1, 0.15) is 6.92 Å². The summed E-state index contributed by atoms with van der Waals surface area (Å²) in [5.41, 5.74) is 7.61. The van der Waals surface area contributed by atoms with E-state index in [9.17, 15) is 0 Å². The van der Waals surface area contributed by atoms with Gasteiger partial charge in [0.2, 0.25) is 5.96 Å². The molecule has 0 spiro atoms. The number of aliphatic imine (C=N–C) groups is 1. The first kappa shape index (κ1) is 10.6. The summed E-state index contributed by atoms with van der Waals surface area (Å²) in [6.07, 6.45) is 2.07. The van der Waals surface area contributed by atoms with Gasteiger partial charge in [0, 0.05) is 6.54 Å². The fourth-order valence-corrected chi connectivity index (χ4v) is 1.31. The van der Waals surface area contributed by atoms with Crippen molar-refractivity contribution >= 4 is 17.7 Å². The largest absolute Gasteiger partial charge is 0.369 e. The second-order valence-corrected chi connectivity index (χ2v) is 3.34. The lowest BCUT2D eigenvalue weighted by Crippen LogP contribution is -2.37. The molecule has 0 amide bonds. The lowest BCUT2D eigenvalue weighted by molar-refractivity contribution is 0.673. The van der Waals surface area contributed by atoms with Gasteiger partial charge in [0.15, 0.2) is 0 Å². The average Bonchev–Trinajstić information content (AvgIpc) is 2.01. The SMILES string of the molecule is CSCC(C)CN=C(N)NN. The Bertz CT molecular complexity index is 126. The van der Waals surface area contributed by atoms with Crippen molar-refractivity contribution in [3.8, 4) is 0 Å². The maximum atomic E-state index is 5.32. The summed E-state index contributed by atoms with van der Waals surface area (Å²) in [6, 6.07) is 0. The molecule has 0 radical (unpaired) electrons. The summed E-state index contributed by atoms with van der Waals surface area (Å²) < 4.78 is 0. The van der Waals surface area contributed by atoms with Crippen LogP contribution in [0.3, 0.4) is 0 Å². The average molecular weight is 176 g/mol. The number of hydrazine groups is 1. The number of thioether (sulfide) groups is 1. The summed E-state index contributed by atoms with van der Waals surface area (Å²) in [7, 11) is 0. The zero-order chi connectivity index (χ0) is 8.69. The Morgan fingerprint density at radius 1 is 1.73 bits per heavy atom. The molecule has 66 valence electrons. The normalized spacial score (nSPS) is 14.6. The molecule has 0 saturated heterocycles. The first-order valence-corrected chi connectivity index (χ1v) is 4.85. The molecule has 4 nitrogen and oxygen atoms in total. The lowest BCUT2D eigenvalue weighted by atomic mass is 10.2. The summed E-state index contributed by atoms with van der Waals surface area (Å²) in [5, 5.41) is 0. The van der Waals surface area contributed by atoms with E-state index in [-0.39, 0.29) is 0 Å². The van der Waals surface area contributed by atoms with Crippen molar-refractivity contribution in [1.82, 2.24) is 5.43 Å². The Labute approximate surface area is 71.8 Å². The van der Waals surface area contributed by atoms with Gasteiger partial charge < -0.3 is 5.73 Å². The van der Waals surface area contributed by atoms with Crippen molar-refractivity contribution in [1.29, 1.82) is 0 Å². The van der Waals surface area contributed by atoms with Crippen LogP contribution >= 0.6 is 11.8 Å². The molecular formula is C6H16N4S. The first-order chi connectivity index (χ1) is 5.20. The molecule has 0 fully saturated rings. The maximum absolute atomic E-state index is 5.32. The van der Waals surface area contributed by atoms with E-state index in [1.54, 1.807) is 0 Å². The van der Waals surface area contributed by atoms with Gasteiger partial charge in [0.25, 0.3) is 0 Å². The molecule has 5 heteroatoms. The zero-order valence-corrected chi connectivity index (χ0v) is 7.82. The third-order valence-electron chi connectivity index (χ3n) is 1.17. The summed E-state index contributed by atoms with van der Waals surface area (Å²) >= 11 is 1.81. The van der Waals surface area contributed by atoms with Crippen molar-refractivity contribution < 1.29 is 0 Å². The second kappa shape index (κ2) is 6.30. The predicted octanol–water partition coefficient (Wildman–Crippen LogP) is -0.236. The Balaban J connectivity index is 3.50. The van der Waals surface area contributed by atoms with E-state index in [2.05, 4.69) is 23.6 Å². The molecule has 5 N–H and O–H groups in total. The van der Waals surface area contributed by atoms with Crippen LogP contribution in [0.15, 0.2) is 4.99 Å². The number of hydrogen-bond acceptors (Lipinski definition) is 3. The standard InChI is InChI=1S/C6H16N4S/c1-5(4-11-2)3-9-6(7)10-8/h5H,3-4,8H2,1-2H3,(H3,7,9,10). The van der Waals surface area contributed by atoms with Gasteiger partial charge in [-0.1, -0.05) is 6.92 Å². The van der Waals surface area contributed by atoms with Crippen LogP contribution in [0.4, 0.5) is 0 Å². The molecule has 0 aliphatic rings. The molecule has 1 atom stereocenters. The topological polar surface area (TPSA) is 76.4 Å². The van der Waals surface area contributed by atoms with E-state index in [0.29, 0.717) is 11.9 Å². The van der Waals surface area contributed by atoms with Crippen LogP contribution in [0.2, 0.25) is 0 Å². The van der Waals surface area contributed by atoms with Crippen molar-refractivity contribution in [2.45, 2.75) is 6.92 Å². The molecular weight excluding hydrogens is 160 g/mol. The highest BCUT2D eigenvalue weighted by atomic mass is 32.2. The van der Waals surface area contributed by atoms with Gasteiger partial charge in [-0.3, -0.25) is 10.4 Å². The monoisotopic (exact) mass is 176 g/mol. The highest BCUT2D eigenvalue weighted by molar-refractivity contribution is 7.98.